The Bertz CT molecular complexity index is 1090. The number of benzene rings is 1. The summed E-state index contributed by atoms with van der Waals surface area (Å²) in [4.78, 5) is 5.62. The van der Waals surface area contributed by atoms with Crippen LogP contribution in [0.2, 0.25) is 0 Å². The first-order valence-electron chi connectivity index (χ1n) is 12.0. The second-order valence-electron chi connectivity index (χ2n) is 9.48. The van der Waals surface area contributed by atoms with Crippen molar-refractivity contribution in [2.75, 3.05) is 19.7 Å². The maximum Gasteiger partial charge on any atom is 0.194 e. The van der Waals surface area contributed by atoms with Crippen LogP contribution >= 0.6 is 0 Å². The molecule has 1 unspecified atom stereocenters. The minimum atomic E-state index is -1.60. The van der Waals surface area contributed by atoms with Gasteiger partial charge in [0, 0.05) is 24.3 Å². The quantitative estimate of drug-likeness (QED) is 0.421. The normalized spacial score (nSPS) is 31.3. The molecule has 6 atom stereocenters. The molecule has 1 aromatic carbocycles. The van der Waals surface area contributed by atoms with Crippen LogP contribution in [0.4, 0.5) is 13.2 Å². The number of ether oxygens (including phenoxy) is 1. The van der Waals surface area contributed by atoms with Crippen molar-refractivity contribution in [1.82, 2.24) is 20.3 Å². The molecule has 0 spiro atoms. The maximum atomic E-state index is 13.7. The third-order valence-electron chi connectivity index (χ3n) is 7.15. The third-order valence-corrected chi connectivity index (χ3v) is 7.15. The van der Waals surface area contributed by atoms with E-state index in [4.69, 9.17) is 9.57 Å². The second kappa shape index (κ2) is 10.4. The summed E-state index contributed by atoms with van der Waals surface area (Å²) in [5.74, 6) is -4.01. The van der Waals surface area contributed by atoms with Gasteiger partial charge in [0.15, 0.2) is 17.5 Å². The Kier molecular flexibility index (Phi) is 7.26. The lowest BCUT2D eigenvalue weighted by atomic mass is 9.87. The highest BCUT2D eigenvalue weighted by atomic mass is 19.2. The number of aliphatic hydroxyl groups is 3. The predicted octanol–water partition coefficient (Wildman–Crippen LogP) is 0.920. The molecule has 5 rings (SSSR count). The first-order chi connectivity index (χ1) is 17.4. The minimum absolute atomic E-state index is 0.00919. The van der Waals surface area contributed by atoms with Gasteiger partial charge >= 0.3 is 0 Å². The lowest BCUT2D eigenvalue weighted by molar-refractivity contribution is -0.212. The summed E-state index contributed by atoms with van der Waals surface area (Å²) in [5.41, 5.74) is 0.933. The predicted molar refractivity (Wildman–Crippen MR) is 119 cm³/mol. The first-order valence-corrected chi connectivity index (χ1v) is 12.0. The highest BCUT2D eigenvalue weighted by Gasteiger charge is 2.47. The first kappa shape index (κ1) is 25.1. The maximum absolute atomic E-state index is 13.7. The van der Waals surface area contributed by atoms with E-state index in [-0.39, 0.29) is 23.8 Å². The molecule has 10 nitrogen and oxygen atoms in total. The van der Waals surface area contributed by atoms with Crippen LogP contribution in [0.25, 0.3) is 11.3 Å². The average Bonchev–Trinajstić information content (AvgIpc) is 3.55. The number of hydrogen-bond donors (Lipinski definition) is 4. The molecule has 0 aliphatic carbocycles. The molecule has 0 bridgehead atoms. The van der Waals surface area contributed by atoms with E-state index in [0.717, 1.165) is 48.5 Å². The molecule has 2 fully saturated rings. The van der Waals surface area contributed by atoms with Crippen LogP contribution in [0.1, 0.15) is 31.7 Å². The summed E-state index contributed by atoms with van der Waals surface area (Å²) < 4.78 is 47.7. The summed E-state index contributed by atoms with van der Waals surface area (Å²) in [7, 11) is 0. The van der Waals surface area contributed by atoms with Crippen LogP contribution in [0.3, 0.4) is 0 Å². The van der Waals surface area contributed by atoms with Crippen LogP contribution in [-0.4, -0.2) is 86.2 Å². The van der Waals surface area contributed by atoms with E-state index in [1.165, 1.54) is 6.20 Å². The molecule has 13 heteroatoms. The Morgan fingerprint density at radius 2 is 1.75 bits per heavy atom. The topological polar surface area (TPSA) is 134 Å². The van der Waals surface area contributed by atoms with E-state index in [1.807, 2.05) is 0 Å². The van der Waals surface area contributed by atoms with Gasteiger partial charge in [-0.3, -0.25) is 0 Å². The van der Waals surface area contributed by atoms with E-state index in [2.05, 4.69) is 20.8 Å². The molecule has 36 heavy (non-hydrogen) atoms. The fraction of sp³-hybridized carbons (Fsp3) is 0.609. The van der Waals surface area contributed by atoms with E-state index >= 15 is 0 Å². The third kappa shape index (κ3) is 4.85. The molecular formula is C23H28F3N5O5. The molecule has 3 aliphatic rings. The monoisotopic (exact) mass is 511 g/mol. The van der Waals surface area contributed by atoms with Crippen molar-refractivity contribution < 1.29 is 38.1 Å². The Morgan fingerprint density at radius 3 is 2.44 bits per heavy atom. The van der Waals surface area contributed by atoms with E-state index in [0.29, 0.717) is 12.3 Å². The van der Waals surface area contributed by atoms with Gasteiger partial charge in [0.05, 0.1) is 24.6 Å². The number of aromatic nitrogens is 3. The smallest absolute Gasteiger partial charge is 0.194 e. The zero-order chi connectivity index (χ0) is 25.4. The lowest BCUT2D eigenvalue weighted by Gasteiger charge is -2.42. The van der Waals surface area contributed by atoms with Crippen molar-refractivity contribution in [3.05, 3.63) is 35.8 Å². The molecule has 4 heterocycles. The Morgan fingerprint density at radius 1 is 1.06 bits per heavy atom. The van der Waals surface area contributed by atoms with Gasteiger partial charge < -0.3 is 30.2 Å². The minimum Gasteiger partial charge on any atom is -0.394 e. The van der Waals surface area contributed by atoms with Gasteiger partial charge in [-0.15, -0.1) is 5.10 Å². The Balaban J connectivity index is 1.31. The van der Waals surface area contributed by atoms with Gasteiger partial charge in [-0.1, -0.05) is 10.4 Å². The van der Waals surface area contributed by atoms with Crippen LogP contribution in [0.5, 0.6) is 0 Å². The summed E-state index contributed by atoms with van der Waals surface area (Å²) in [6.07, 6.45) is -0.707. The van der Waals surface area contributed by atoms with Crippen LogP contribution in [-0.2, 0) is 9.57 Å². The number of piperidine rings is 1. The van der Waals surface area contributed by atoms with Crippen molar-refractivity contribution in [3.8, 4) is 11.3 Å². The van der Waals surface area contributed by atoms with E-state index < -0.39 is 54.5 Å². The number of rotatable bonds is 6. The molecule has 3 aliphatic heterocycles. The molecule has 1 aromatic heterocycles. The number of nitrogens with one attached hydrogen (secondary N) is 1. The number of halogens is 3. The van der Waals surface area contributed by atoms with Crippen LogP contribution in [0, 0.1) is 23.4 Å². The molecular weight excluding hydrogens is 483 g/mol. The number of nitrogens with zero attached hydrogens (tertiary/aromatic N) is 4. The number of oxime groups is 1. The van der Waals surface area contributed by atoms with Gasteiger partial charge in [-0.2, -0.15) is 0 Å². The summed E-state index contributed by atoms with van der Waals surface area (Å²) in [6, 6.07) is 0.476. The molecule has 2 saturated heterocycles. The zero-order valence-corrected chi connectivity index (χ0v) is 19.3. The van der Waals surface area contributed by atoms with Gasteiger partial charge in [0.1, 0.15) is 36.2 Å². The lowest BCUT2D eigenvalue weighted by Crippen LogP contribution is -2.56. The SMILES string of the molecule is OC[C@H]1O[C@H](CC2CC(C3CCNCC3)=NO2)[C@H](O)[C@@H](n2cc(-c3cc(F)c(F)c(F)c3)nn2)[C@H]1O. The molecule has 4 N–H and O–H groups in total. The van der Waals surface area contributed by atoms with E-state index in [1.54, 1.807) is 0 Å². The van der Waals surface area contributed by atoms with Gasteiger partial charge in [0.25, 0.3) is 0 Å². The molecule has 196 valence electrons. The zero-order valence-electron chi connectivity index (χ0n) is 19.3. The Labute approximate surface area is 204 Å². The van der Waals surface area contributed by atoms with Crippen molar-refractivity contribution in [1.29, 1.82) is 0 Å². The highest BCUT2D eigenvalue weighted by molar-refractivity contribution is 5.87. The summed E-state index contributed by atoms with van der Waals surface area (Å²) in [5, 5.41) is 47.0. The molecule has 0 amide bonds. The molecule has 2 aromatic rings. The highest BCUT2D eigenvalue weighted by Crippen LogP contribution is 2.35. The van der Waals surface area contributed by atoms with Gasteiger partial charge in [-0.05, 0) is 38.1 Å². The number of aliphatic hydroxyl groups excluding tert-OH is 3. The fourth-order valence-corrected chi connectivity index (χ4v) is 5.18. The molecule has 0 saturated carbocycles. The fourth-order valence-electron chi connectivity index (χ4n) is 5.18. The standard InChI is InChI=1S/C23H28F3N5O5/c24-14-5-12(6-15(25)20(14)26)17-9-31(30-28-17)21-22(33)18(35-19(10-32)23(21)34)8-13-7-16(29-36-13)11-1-3-27-4-2-11/h5-6,9,11,13,18-19,21-23,27,32-34H,1-4,7-8,10H2/t13?,18-,19-,21-,22+,23+/m1/s1. The largest absolute Gasteiger partial charge is 0.394 e. The average molecular weight is 512 g/mol. The van der Waals surface area contributed by atoms with Crippen LogP contribution < -0.4 is 5.32 Å². The van der Waals surface area contributed by atoms with Crippen LogP contribution in [0.15, 0.2) is 23.5 Å². The van der Waals surface area contributed by atoms with Crippen molar-refractivity contribution in [3.63, 3.8) is 0 Å². The van der Waals surface area contributed by atoms with Crippen molar-refractivity contribution >= 4 is 5.71 Å². The number of hydrogen-bond acceptors (Lipinski definition) is 9. The van der Waals surface area contributed by atoms with Gasteiger partial charge in [-0.25, -0.2) is 17.9 Å². The summed E-state index contributed by atoms with van der Waals surface area (Å²) in [6.45, 7) is 1.33. The van der Waals surface area contributed by atoms with Crippen molar-refractivity contribution in [2.45, 2.75) is 62.2 Å². The Hall–Kier alpha value is -2.58. The summed E-state index contributed by atoms with van der Waals surface area (Å²) >= 11 is 0. The van der Waals surface area contributed by atoms with Crippen molar-refractivity contribution in [2.24, 2.45) is 11.1 Å². The molecule has 0 radical (unpaired) electrons. The van der Waals surface area contributed by atoms with Gasteiger partial charge in [0.2, 0.25) is 0 Å². The second-order valence-corrected chi connectivity index (χ2v) is 9.48. The van der Waals surface area contributed by atoms with E-state index in [9.17, 15) is 28.5 Å².